The molecule has 8 heteroatoms. The minimum Gasteiger partial charge on any atom is -0.490 e. The number of halogens is 5. The van der Waals surface area contributed by atoms with Gasteiger partial charge in [-0.2, -0.15) is 17.6 Å². The number of rotatable bonds is 13. The van der Waals surface area contributed by atoms with Crippen molar-refractivity contribution >= 4 is 5.97 Å². The van der Waals surface area contributed by atoms with Crippen molar-refractivity contribution in [3.63, 3.8) is 0 Å². The molecular weight excluding hydrogens is 455 g/mol. The first-order valence-corrected chi connectivity index (χ1v) is 11.6. The number of hydrogen-bond donors (Lipinski definition) is 0. The van der Waals surface area contributed by atoms with Gasteiger partial charge < -0.3 is 9.47 Å². The van der Waals surface area contributed by atoms with E-state index in [0.29, 0.717) is 18.4 Å². The van der Waals surface area contributed by atoms with E-state index in [9.17, 15) is 26.7 Å². The van der Waals surface area contributed by atoms with Gasteiger partial charge >= 0.3 is 12.1 Å². The Balaban J connectivity index is 1.97. The highest BCUT2D eigenvalue weighted by Gasteiger charge is 2.38. The van der Waals surface area contributed by atoms with Crippen molar-refractivity contribution in [2.75, 3.05) is 13.2 Å². The molecule has 0 aliphatic heterocycles. The van der Waals surface area contributed by atoms with Crippen LogP contribution in [-0.4, -0.2) is 25.4 Å². The molecule has 0 spiro atoms. The molecule has 34 heavy (non-hydrogen) atoms. The van der Waals surface area contributed by atoms with Gasteiger partial charge in [-0.05, 0) is 49.1 Å². The summed E-state index contributed by atoms with van der Waals surface area (Å²) >= 11 is 0. The molecule has 0 radical (unpaired) electrons. The molecule has 2 aromatic rings. The highest BCUT2D eigenvalue weighted by atomic mass is 19.4. The van der Waals surface area contributed by atoms with E-state index >= 15 is 0 Å². The van der Waals surface area contributed by atoms with Crippen molar-refractivity contribution in [3.05, 3.63) is 53.6 Å². The molecular formula is C26H31F5O3. The van der Waals surface area contributed by atoms with Gasteiger partial charge in [0.05, 0.1) is 24.7 Å². The summed E-state index contributed by atoms with van der Waals surface area (Å²) in [7, 11) is 0. The van der Waals surface area contributed by atoms with E-state index in [1.165, 1.54) is 36.4 Å². The van der Waals surface area contributed by atoms with Gasteiger partial charge in [-0.1, -0.05) is 51.7 Å². The van der Waals surface area contributed by atoms with Crippen LogP contribution >= 0.6 is 0 Å². The predicted molar refractivity (Wildman–Crippen MR) is 121 cm³/mol. The van der Waals surface area contributed by atoms with E-state index in [4.69, 9.17) is 9.47 Å². The number of carbonyl (C=O) groups excluding carboxylic acids is 1. The Hall–Kier alpha value is -2.64. The standard InChI is InChI=1S/C26H31F5O3/c1-3-5-6-7-8-20(26(29,30)31)15-17-34-25(32)19-11-9-18(10-12-19)21-13-14-22(33-16-4-2)24(28)23(21)27/h9-14,20H,3-8,15-17H2,1-2H3. The number of hydrogen-bond acceptors (Lipinski definition) is 3. The smallest absolute Gasteiger partial charge is 0.391 e. The molecule has 0 saturated carbocycles. The summed E-state index contributed by atoms with van der Waals surface area (Å²) < 4.78 is 78.6. The molecule has 3 nitrogen and oxygen atoms in total. The van der Waals surface area contributed by atoms with E-state index < -0.39 is 29.7 Å². The maximum Gasteiger partial charge on any atom is 0.391 e. The fourth-order valence-electron chi connectivity index (χ4n) is 3.53. The van der Waals surface area contributed by atoms with E-state index in [0.717, 1.165) is 19.3 Å². The second-order valence-corrected chi connectivity index (χ2v) is 8.18. The molecule has 1 unspecified atom stereocenters. The maximum absolute atomic E-state index is 14.5. The lowest BCUT2D eigenvalue weighted by Crippen LogP contribution is -2.25. The highest BCUT2D eigenvalue weighted by Crippen LogP contribution is 2.33. The van der Waals surface area contributed by atoms with Crippen molar-refractivity contribution in [2.24, 2.45) is 5.92 Å². The van der Waals surface area contributed by atoms with Gasteiger partial charge in [-0.25, -0.2) is 9.18 Å². The Morgan fingerprint density at radius 1 is 0.853 bits per heavy atom. The van der Waals surface area contributed by atoms with Crippen molar-refractivity contribution in [3.8, 4) is 16.9 Å². The molecule has 2 aromatic carbocycles. The molecule has 0 heterocycles. The van der Waals surface area contributed by atoms with Crippen LogP contribution in [0, 0.1) is 17.6 Å². The van der Waals surface area contributed by atoms with Crippen LogP contribution in [0.5, 0.6) is 5.75 Å². The maximum atomic E-state index is 14.5. The molecule has 2 rings (SSSR count). The Bertz CT molecular complexity index is 910. The summed E-state index contributed by atoms with van der Waals surface area (Å²) in [6.07, 6.45) is -0.913. The number of esters is 1. The third-order valence-corrected chi connectivity index (χ3v) is 5.51. The van der Waals surface area contributed by atoms with Crippen LogP contribution in [-0.2, 0) is 4.74 Å². The second-order valence-electron chi connectivity index (χ2n) is 8.18. The lowest BCUT2D eigenvalue weighted by molar-refractivity contribution is -0.180. The average molecular weight is 487 g/mol. The van der Waals surface area contributed by atoms with Gasteiger partial charge in [-0.3, -0.25) is 0 Å². The Kier molecular flexibility index (Phi) is 10.8. The second kappa shape index (κ2) is 13.3. The van der Waals surface area contributed by atoms with Crippen molar-refractivity contribution in [1.82, 2.24) is 0 Å². The van der Waals surface area contributed by atoms with Crippen LogP contribution in [0.2, 0.25) is 0 Å². The van der Waals surface area contributed by atoms with E-state index in [2.05, 4.69) is 0 Å². The molecule has 0 aromatic heterocycles. The van der Waals surface area contributed by atoms with Crippen molar-refractivity contribution in [1.29, 1.82) is 0 Å². The first-order chi connectivity index (χ1) is 16.2. The largest absolute Gasteiger partial charge is 0.490 e. The minimum atomic E-state index is -4.34. The zero-order valence-corrected chi connectivity index (χ0v) is 19.5. The van der Waals surface area contributed by atoms with Gasteiger partial charge in [0.2, 0.25) is 5.82 Å². The number of ether oxygens (including phenoxy) is 2. The van der Waals surface area contributed by atoms with Gasteiger partial charge in [0.15, 0.2) is 11.6 Å². The summed E-state index contributed by atoms with van der Waals surface area (Å²) in [6.45, 7) is 3.74. The molecule has 0 fully saturated rings. The molecule has 188 valence electrons. The fraction of sp³-hybridized carbons (Fsp3) is 0.500. The Labute approximate surface area is 197 Å². The van der Waals surface area contributed by atoms with Crippen LogP contribution < -0.4 is 4.74 Å². The summed E-state index contributed by atoms with van der Waals surface area (Å²) in [5.74, 6) is -4.62. The molecule has 0 amide bonds. The van der Waals surface area contributed by atoms with Crippen LogP contribution in [0.15, 0.2) is 36.4 Å². The Morgan fingerprint density at radius 3 is 2.18 bits per heavy atom. The SMILES string of the molecule is CCCCCCC(CCOC(=O)c1ccc(-c2ccc(OCCC)c(F)c2F)cc1)C(F)(F)F. The van der Waals surface area contributed by atoms with Gasteiger partial charge in [0, 0.05) is 5.56 Å². The number of benzene rings is 2. The van der Waals surface area contributed by atoms with Crippen molar-refractivity contribution < 1.29 is 36.2 Å². The van der Waals surface area contributed by atoms with Gasteiger partial charge in [0.1, 0.15) is 0 Å². The molecule has 1 atom stereocenters. The summed E-state index contributed by atoms with van der Waals surface area (Å²) in [6, 6.07) is 8.30. The van der Waals surface area contributed by atoms with Gasteiger partial charge in [-0.15, -0.1) is 0 Å². The van der Waals surface area contributed by atoms with E-state index in [1.807, 2.05) is 13.8 Å². The van der Waals surface area contributed by atoms with E-state index in [1.54, 1.807) is 0 Å². The first kappa shape index (κ1) is 27.6. The number of carbonyl (C=O) groups is 1. The van der Waals surface area contributed by atoms with E-state index in [-0.39, 0.29) is 42.9 Å². The summed E-state index contributed by atoms with van der Waals surface area (Å²) in [5.41, 5.74) is 0.440. The first-order valence-electron chi connectivity index (χ1n) is 11.6. The quantitative estimate of drug-likeness (QED) is 0.163. The van der Waals surface area contributed by atoms with Crippen LogP contribution in [0.25, 0.3) is 11.1 Å². The number of unbranched alkanes of at least 4 members (excludes halogenated alkanes) is 3. The predicted octanol–water partition coefficient (Wildman–Crippen LogP) is 8.12. The van der Waals surface area contributed by atoms with Crippen LogP contribution in [0.3, 0.4) is 0 Å². The highest BCUT2D eigenvalue weighted by molar-refractivity contribution is 5.90. The number of alkyl halides is 3. The lowest BCUT2D eigenvalue weighted by Gasteiger charge is -2.20. The third kappa shape index (κ3) is 7.99. The molecule has 0 bridgehead atoms. The normalized spacial score (nSPS) is 12.4. The third-order valence-electron chi connectivity index (χ3n) is 5.51. The molecule has 0 aliphatic rings. The monoisotopic (exact) mass is 486 g/mol. The molecule has 0 N–H and O–H groups in total. The minimum absolute atomic E-state index is 0.00245. The summed E-state index contributed by atoms with van der Waals surface area (Å²) in [4.78, 5) is 12.2. The van der Waals surface area contributed by atoms with Crippen LogP contribution in [0.4, 0.5) is 22.0 Å². The average Bonchev–Trinajstić information content (AvgIpc) is 2.81. The lowest BCUT2D eigenvalue weighted by atomic mass is 9.97. The fourth-order valence-corrected chi connectivity index (χ4v) is 3.53. The summed E-state index contributed by atoms with van der Waals surface area (Å²) in [5, 5.41) is 0. The van der Waals surface area contributed by atoms with Crippen LogP contribution in [0.1, 0.15) is 69.2 Å². The molecule has 0 aliphatic carbocycles. The molecule has 0 saturated heterocycles. The van der Waals surface area contributed by atoms with Gasteiger partial charge in [0.25, 0.3) is 0 Å². The van der Waals surface area contributed by atoms with Crippen molar-refractivity contribution in [2.45, 2.75) is 65.0 Å². The zero-order chi connectivity index (χ0) is 25.1. The topological polar surface area (TPSA) is 35.5 Å². The zero-order valence-electron chi connectivity index (χ0n) is 19.5. The Morgan fingerprint density at radius 2 is 1.56 bits per heavy atom.